The lowest BCUT2D eigenvalue weighted by molar-refractivity contribution is 0.725. The van der Waals surface area contributed by atoms with Gasteiger partial charge in [0.15, 0.2) is 0 Å². The Bertz CT molecular complexity index is 810. The highest BCUT2D eigenvalue weighted by molar-refractivity contribution is 5.79. The number of hydrogen-bond acceptors (Lipinski definition) is 3. The predicted molar refractivity (Wildman–Crippen MR) is 84.8 cm³/mol. The molecule has 5 nitrogen and oxygen atoms in total. The van der Waals surface area contributed by atoms with E-state index in [1.165, 1.54) is 16.7 Å². The molecule has 0 bridgehead atoms. The van der Waals surface area contributed by atoms with Crippen molar-refractivity contribution in [2.45, 2.75) is 27.2 Å². The topological polar surface area (TPSA) is 61.7 Å². The smallest absolute Gasteiger partial charge is 0.139 e. The van der Waals surface area contributed by atoms with Gasteiger partial charge in [-0.15, -0.1) is 0 Å². The second-order valence-electron chi connectivity index (χ2n) is 5.59. The molecule has 0 unspecified atom stereocenters. The number of nitrogens with zero attached hydrogens (tertiary/aromatic N) is 4. The van der Waals surface area contributed by atoms with Crippen molar-refractivity contribution >= 4 is 11.0 Å². The third kappa shape index (κ3) is 2.14. The van der Waals surface area contributed by atoms with Crippen LogP contribution in [-0.2, 0) is 13.5 Å². The molecule has 1 aromatic carbocycles. The van der Waals surface area contributed by atoms with Gasteiger partial charge < -0.3 is 5.73 Å². The first kappa shape index (κ1) is 13.8. The van der Waals surface area contributed by atoms with E-state index in [9.17, 15) is 0 Å². The van der Waals surface area contributed by atoms with Gasteiger partial charge in [0.2, 0.25) is 0 Å². The molecule has 0 saturated carbocycles. The number of rotatable bonds is 3. The number of benzene rings is 1. The molecule has 5 heteroatoms. The Hall–Kier alpha value is -2.14. The van der Waals surface area contributed by atoms with Gasteiger partial charge in [-0.25, -0.2) is 4.98 Å². The van der Waals surface area contributed by atoms with E-state index in [1.54, 1.807) is 0 Å². The van der Waals surface area contributed by atoms with Crippen LogP contribution in [0.1, 0.15) is 22.4 Å². The molecule has 0 spiro atoms. The molecule has 2 heterocycles. The molecule has 0 aliphatic heterocycles. The fraction of sp³-hybridized carbons (Fsp3) is 0.375. The van der Waals surface area contributed by atoms with Crippen LogP contribution in [0.25, 0.3) is 16.9 Å². The summed E-state index contributed by atoms with van der Waals surface area (Å²) in [6, 6.07) is 4.32. The third-order valence-corrected chi connectivity index (χ3v) is 4.10. The fourth-order valence-corrected chi connectivity index (χ4v) is 2.86. The minimum Gasteiger partial charge on any atom is -0.330 e. The number of imidazole rings is 1. The van der Waals surface area contributed by atoms with E-state index in [4.69, 9.17) is 5.73 Å². The van der Waals surface area contributed by atoms with E-state index in [0.29, 0.717) is 6.54 Å². The SMILES string of the molecule is Cc1cc2ncn(-c3c(CCN)c(C)nn3C)c2cc1C. The average molecular weight is 283 g/mol. The summed E-state index contributed by atoms with van der Waals surface area (Å²) in [5, 5.41) is 4.54. The van der Waals surface area contributed by atoms with Gasteiger partial charge in [-0.05, 0) is 57.0 Å². The molecule has 0 atom stereocenters. The van der Waals surface area contributed by atoms with Crippen LogP contribution in [0.5, 0.6) is 0 Å². The summed E-state index contributed by atoms with van der Waals surface area (Å²) in [5.41, 5.74) is 12.6. The van der Waals surface area contributed by atoms with Crippen molar-refractivity contribution in [3.63, 3.8) is 0 Å². The van der Waals surface area contributed by atoms with Crippen LogP contribution in [0.15, 0.2) is 18.5 Å². The molecule has 110 valence electrons. The van der Waals surface area contributed by atoms with Gasteiger partial charge in [0, 0.05) is 12.6 Å². The molecule has 3 aromatic rings. The first-order valence-corrected chi connectivity index (χ1v) is 7.20. The largest absolute Gasteiger partial charge is 0.330 e. The van der Waals surface area contributed by atoms with Gasteiger partial charge in [0.1, 0.15) is 12.1 Å². The maximum absolute atomic E-state index is 5.76. The van der Waals surface area contributed by atoms with E-state index >= 15 is 0 Å². The Morgan fingerprint density at radius 1 is 1.14 bits per heavy atom. The van der Waals surface area contributed by atoms with Crippen LogP contribution in [0.3, 0.4) is 0 Å². The molecule has 0 amide bonds. The summed E-state index contributed by atoms with van der Waals surface area (Å²) in [4.78, 5) is 4.54. The van der Waals surface area contributed by atoms with E-state index in [1.807, 2.05) is 25.0 Å². The molecule has 3 rings (SSSR count). The van der Waals surface area contributed by atoms with Gasteiger partial charge >= 0.3 is 0 Å². The summed E-state index contributed by atoms with van der Waals surface area (Å²) in [7, 11) is 1.97. The molecule has 0 aliphatic rings. The zero-order valence-electron chi connectivity index (χ0n) is 13.0. The molecule has 0 saturated heterocycles. The fourth-order valence-electron chi connectivity index (χ4n) is 2.86. The lowest BCUT2D eigenvalue weighted by Gasteiger charge is -2.09. The van der Waals surface area contributed by atoms with Gasteiger partial charge in [-0.3, -0.25) is 9.25 Å². The summed E-state index contributed by atoms with van der Waals surface area (Å²) in [5.74, 6) is 1.06. The van der Waals surface area contributed by atoms with E-state index in [2.05, 4.69) is 40.6 Å². The van der Waals surface area contributed by atoms with Crippen LogP contribution in [0.2, 0.25) is 0 Å². The minimum absolute atomic E-state index is 0.615. The second-order valence-corrected chi connectivity index (χ2v) is 5.59. The standard InChI is InChI=1S/C16H21N5/c1-10-7-14-15(8-11(10)2)21(9-18-14)16-13(5-6-17)12(3)19-20(16)4/h7-9H,5-6,17H2,1-4H3. The first-order valence-electron chi connectivity index (χ1n) is 7.20. The van der Waals surface area contributed by atoms with Crippen molar-refractivity contribution in [3.05, 3.63) is 40.8 Å². The Labute approximate surface area is 124 Å². The van der Waals surface area contributed by atoms with E-state index in [-0.39, 0.29) is 0 Å². The van der Waals surface area contributed by atoms with Crippen molar-refractivity contribution in [3.8, 4) is 5.82 Å². The van der Waals surface area contributed by atoms with Crippen molar-refractivity contribution in [1.29, 1.82) is 0 Å². The second kappa shape index (κ2) is 5.00. The van der Waals surface area contributed by atoms with Crippen LogP contribution < -0.4 is 5.73 Å². The van der Waals surface area contributed by atoms with Crippen molar-refractivity contribution < 1.29 is 0 Å². The predicted octanol–water partition coefficient (Wildman–Crippen LogP) is 2.19. The van der Waals surface area contributed by atoms with Crippen LogP contribution in [-0.4, -0.2) is 25.9 Å². The monoisotopic (exact) mass is 283 g/mol. The van der Waals surface area contributed by atoms with Gasteiger partial charge in [-0.1, -0.05) is 0 Å². The van der Waals surface area contributed by atoms with Gasteiger partial charge in [-0.2, -0.15) is 5.10 Å². The Balaban J connectivity index is 2.28. The maximum atomic E-state index is 5.76. The molecule has 0 fully saturated rings. The summed E-state index contributed by atoms with van der Waals surface area (Å²) in [6.07, 6.45) is 2.69. The van der Waals surface area contributed by atoms with Crippen molar-refractivity contribution in [2.24, 2.45) is 12.8 Å². The number of aromatic nitrogens is 4. The first-order chi connectivity index (χ1) is 10.0. The molecular weight excluding hydrogens is 262 g/mol. The average Bonchev–Trinajstić information content (AvgIpc) is 2.93. The Kier molecular flexibility index (Phi) is 3.29. The highest BCUT2D eigenvalue weighted by Gasteiger charge is 2.16. The Morgan fingerprint density at radius 2 is 1.86 bits per heavy atom. The quantitative estimate of drug-likeness (QED) is 0.801. The van der Waals surface area contributed by atoms with Crippen LogP contribution >= 0.6 is 0 Å². The zero-order valence-corrected chi connectivity index (χ0v) is 13.0. The lowest BCUT2D eigenvalue weighted by atomic mass is 10.1. The molecule has 2 N–H and O–H groups in total. The highest BCUT2D eigenvalue weighted by Crippen LogP contribution is 2.25. The number of fused-ring (bicyclic) bond motifs is 1. The number of nitrogens with two attached hydrogens (primary N) is 1. The summed E-state index contributed by atoms with van der Waals surface area (Å²) >= 11 is 0. The normalized spacial score (nSPS) is 11.5. The van der Waals surface area contributed by atoms with Gasteiger partial charge in [0.25, 0.3) is 0 Å². The van der Waals surface area contributed by atoms with Crippen LogP contribution in [0, 0.1) is 20.8 Å². The lowest BCUT2D eigenvalue weighted by Crippen LogP contribution is -2.08. The van der Waals surface area contributed by atoms with Crippen molar-refractivity contribution in [1.82, 2.24) is 19.3 Å². The highest BCUT2D eigenvalue weighted by atomic mass is 15.3. The molecule has 0 radical (unpaired) electrons. The zero-order chi connectivity index (χ0) is 15.1. The number of hydrogen-bond donors (Lipinski definition) is 1. The molecule has 2 aromatic heterocycles. The minimum atomic E-state index is 0.615. The summed E-state index contributed by atoms with van der Waals surface area (Å²) in [6.45, 7) is 6.89. The third-order valence-electron chi connectivity index (χ3n) is 4.10. The maximum Gasteiger partial charge on any atom is 0.139 e. The van der Waals surface area contributed by atoms with E-state index < -0.39 is 0 Å². The van der Waals surface area contributed by atoms with E-state index in [0.717, 1.165) is 29.0 Å². The Morgan fingerprint density at radius 3 is 2.57 bits per heavy atom. The van der Waals surface area contributed by atoms with Gasteiger partial charge in [0.05, 0.1) is 16.7 Å². The van der Waals surface area contributed by atoms with Crippen molar-refractivity contribution in [2.75, 3.05) is 6.54 Å². The summed E-state index contributed by atoms with van der Waals surface area (Å²) < 4.78 is 4.03. The molecule has 0 aliphatic carbocycles. The number of aryl methyl sites for hydroxylation is 4. The molecular formula is C16H21N5. The molecule has 21 heavy (non-hydrogen) atoms. The van der Waals surface area contributed by atoms with Crippen LogP contribution in [0.4, 0.5) is 0 Å².